The van der Waals surface area contributed by atoms with Crippen molar-refractivity contribution in [2.24, 2.45) is 12.8 Å². The zero-order valence-electron chi connectivity index (χ0n) is 34.2. The number of aryl methyl sites for hydroxylation is 5. The Balaban J connectivity index is 0.00000305. The lowest BCUT2D eigenvalue weighted by Crippen LogP contribution is -2.41. The van der Waals surface area contributed by atoms with Gasteiger partial charge >= 0.3 is 5.97 Å². The fourth-order valence-electron chi connectivity index (χ4n) is 7.47. The summed E-state index contributed by atoms with van der Waals surface area (Å²) in [6, 6.07) is 13.1. The van der Waals surface area contributed by atoms with Crippen molar-refractivity contribution >= 4 is 57.4 Å². The van der Waals surface area contributed by atoms with E-state index in [0.717, 1.165) is 60.9 Å². The maximum atomic E-state index is 15.2. The van der Waals surface area contributed by atoms with Crippen molar-refractivity contribution in [1.82, 2.24) is 14.3 Å². The zero-order valence-corrected chi connectivity index (χ0v) is 35.7. The summed E-state index contributed by atoms with van der Waals surface area (Å²) in [5.41, 5.74) is 15.4. The minimum atomic E-state index is -1.08. The molecule has 302 valence electrons. The Morgan fingerprint density at radius 1 is 1.04 bits per heavy atom. The molecule has 2 aromatic heterocycles. The number of carbonyl (C=O) groups is 2. The molecule has 6 rings (SSSR count). The third kappa shape index (κ3) is 8.50. The van der Waals surface area contributed by atoms with Crippen LogP contribution < -0.4 is 25.0 Å². The quantitative estimate of drug-likeness (QED) is 0.0889. The van der Waals surface area contributed by atoms with Gasteiger partial charge in [0.25, 0.3) is 5.91 Å². The second-order valence-electron chi connectivity index (χ2n) is 14.0. The summed E-state index contributed by atoms with van der Waals surface area (Å²) in [6.07, 6.45) is 2.67. The summed E-state index contributed by atoms with van der Waals surface area (Å²) in [6.45, 7) is 18.6. The highest BCUT2D eigenvalue weighted by molar-refractivity contribution is 6.35. The van der Waals surface area contributed by atoms with E-state index in [1.807, 2.05) is 77.5 Å². The average Bonchev–Trinajstić information content (AvgIpc) is 3.63. The Hall–Kier alpha value is -5.39. The van der Waals surface area contributed by atoms with E-state index in [4.69, 9.17) is 43.5 Å². The summed E-state index contributed by atoms with van der Waals surface area (Å²) in [5, 5.41) is 16.7. The van der Waals surface area contributed by atoms with Crippen LogP contribution in [0.15, 0.2) is 66.5 Å². The predicted octanol–water partition coefficient (Wildman–Crippen LogP) is 9.56. The topological polar surface area (TPSA) is 128 Å². The summed E-state index contributed by atoms with van der Waals surface area (Å²) < 4.78 is 15.8. The Kier molecular flexibility index (Phi) is 13.4. The maximum Gasteiger partial charge on any atom is 0.332 e. The van der Waals surface area contributed by atoms with Crippen LogP contribution in [0.3, 0.4) is 0 Å². The van der Waals surface area contributed by atoms with Crippen LogP contribution in [-0.2, 0) is 24.8 Å². The molecule has 13 heteroatoms. The SMILES string of the molecule is C=C(N)CN(/C=C(\C)C(=O)O)c1ccc(OC)cc1N1CCn2c(c(CCCOc3cc(C)c(Cl)c(C)c3)c3ccc(Cl)c(-c4c(C)nn(C)c4C)c32)C1=O.CC. The fraction of sp³-hybridized carbons (Fsp3) is 0.341. The van der Waals surface area contributed by atoms with Crippen LogP contribution in [0.2, 0.25) is 10.0 Å². The number of amides is 1. The van der Waals surface area contributed by atoms with Gasteiger partial charge < -0.3 is 34.7 Å². The van der Waals surface area contributed by atoms with E-state index in [2.05, 4.69) is 11.1 Å². The van der Waals surface area contributed by atoms with E-state index < -0.39 is 5.97 Å². The molecule has 3 N–H and O–H groups in total. The summed E-state index contributed by atoms with van der Waals surface area (Å²) in [5.74, 6) is -0.0250. The maximum absolute atomic E-state index is 15.2. The number of aliphatic carboxylic acids is 1. The highest BCUT2D eigenvalue weighted by Gasteiger charge is 2.35. The van der Waals surface area contributed by atoms with Gasteiger partial charge in [-0.05, 0) is 94.5 Å². The molecule has 0 aliphatic carbocycles. The fourth-order valence-corrected chi connectivity index (χ4v) is 7.83. The van der Waals surface area contributed by atoms with Crippen molar-refractivity contribution in [3.05, 3.63) is 110 Å². The van der Waals surface area contributed by atoms with Crippen molar-refractivity contribution in [1.29, 1.82) is 0 Å². The van der Waals surface area contributed by atoms with E-state index in [0.29, 0.717) is 66.1 Å². The highest BCUT2D eigenvalue weighted by Crippen LogP contribution is 2.44. The van der Waals surface area contributed by atoms with Crippen LogP contribution >= 0.6 is 23.2 Å². The van der Waals surface area contributed by atoms with Gasteiger partial charge in [-0.3, -0.25) is 9.48 Å². The minimum absolute atomic E-state index is 0.0898. The Bertz CT molecular complexity index is 2370. The number of halogens is 2. The Morgan fingerprint density at radius 2 is 1.72 bits per heavy atom. The first-order valence-electron chi connectivity index (χ1n) is 19.0. The number of hydrogen-bond acceptors (Lipinski definition) is 7. The Morgan fingerprint density at radius 3 is 2.32 bits per heavy atom. The summed E-state index contributed by atoms with van der Waals surface area (Å²) in [7, 11) is 3.47. The van der Waals surface area contributed by atoms with Gasteiger partial charge in [0.1, 0.15) is 17.2 Å². The van der Waals surface area contributed by atoms with E-state index in [1.54, 1.807) is 35.1 Å². The van der Waals surface area contributed by atoms with Gasteiger partial charge in [-0.1, -0.05) is 49.7 Å². The van der Waals surface area contributed by atoms with Crippen LogP contribution in [0.5, 0.6) is 11.5 Å². The lowest BCUT2D eigenvalue weighted by Gasteiger charge is -2.34. The number of nitrogens with two attached hydrogens (primary N) is 1. The number of rotatable bonds is 13. The van der Waals surface area contributed by atoms with Gasteiger partial charge in [-0.2, -0.15) is 5.10 Å². The first kappa shape index (κ1) is 42.7. The number of nitrogens with zero attached hydrogens (tertiary/aromatic N) is 5. The Labute approximate surface area is 344 Å². The van der Waals surface area contributed by atoms with Crippen LogP contribution in [0.1, 0.15) is 65.8 Å². The first-order valence-corrected chi connectivity index (χ1v) is 19.7. The van der Waals surface area contributed by atoms with Gasteiger partial charge in [0.05, 0.1) is 53.4 Å². The molecule has 0 saturated heterocycles. The van der Waals surface area contributed by atoms with Crippen molar-refractivity contribution in [3.63, 3.8) is 0 Å². The van der Waals surface area contributed by atoms with Crippen LogP contribution in [0, 0.1) is 27.7 Å². The number of carbonyl (C=O) groups excluding carboxylic acids is 1. The number of carboxylic acid groups (broad SMARTS) is 1. The molecule has 1 amide bonds. The highest BCUT2D eigenvalue weighted by atomic mass is 35.5. The molecular weight excluding hydrogens is 763 g/mol. The number of ether oxygens (including phenoxy) is 2. The molecule has 3 aromatic carbocycles. The molecule has 11 nitrogen and oxygen atoms in total. The third-order valence-corrected chi connectivity index (χ3v) is 11.0. The molecule has 0 radical (unpaired) electrons. The zero-order chi connectivity index (χ0) is 41.9. The summed E-state index contributed by atoms with van der Waals surface area (Å²) >= 11 is 13.5. The van der Waals surface area contributed by atoms with Crippen LogP contribution in [0.25, 0.3) is 22.0 Å². The molecule has 0 saturated carbocycles. The van der Waals surface area contributed by atoms with E-state index in [-0.39, 0.29) is 18.0 Å². The molecule has 5 aromatic rings. The molecule has 57 heavy (non-hydrogen) atoms. The number of carboxylic acids is 1. The van der Waals surface area contributed by atoms with E-state index in [1.165, 1.54) is 13.1 Å². The first-order chi connectivity index (χ1) is 27.1. The second-order valence-corrected chi connectivity index (χ2v) is 14.8. The lowest BCUT2D eigenvalue weighted by molar-refractivity contribution is -0.132. The van der Waals surface area contributed by atoms with Crippen molar-refractivity contribution in [3.8, 4) is 22.6 Å². The average molecular weight is 816 g/mol. The lowest BCUT2D eigenvalue weighted by atomic mass is 9.98. The van der Waals surface area contributed by atoms with Gasteiger partial charge in [-0.25, -0.2) is 4.79 Å². The molecule has 0 unspecified atom stereocenters. The molecule has 1 aliphatic rings. The molecule has 1 aliphatic heterocycles. The largest absolute Gasteiger partial charge is 0.497 e. The smallest absolute Gasteiger partial charge is 0.332 e. The van der Waals surface area contributed by atoms with E-state index in [9.17, 15) is 9.90 Å². The normalized spacial score (nSPS) is 12.6. The number of fused-ring (bicyclic) bond motifs is 3. The number of methoxy groups -OCH3 is 1. The molecule has 0 fully saturated rings. The van der Waals surface area contributed by atoms with Crippen LogP contribution in [0.4, 0.5) is 11.4 Å². The van der Waals surface area contributed by atoms with Gasteiger partial charge in [0.15, 0.2) is 0 Å². The second kappa shape index (κ2) is 17.8. The molecule has 0 atom stereocenters. The molecule has 0 spiro atoms. The molecular formula is C44H52Cl2N6O5. The molecule has 0 bridgehead atoms. The number of hydrogen-bond donors (Lipinski definition) is 2. The van der Waals surface area contributed by atoms with Gasteiger partial charge in [0.2, 0.25) is 0 Å². The summed E-state index contributed by atoms with van der Waals surface area (Å²) in [4.78, 5) is 30.5. The number of benzene rings is 3. The van der Waals surface area contributed by atoms with E-state index >= 15 is 4.79 Å². The van der Waals surface area contributed by atoms with Gasteiger partial charge in [-0.15, -0.1) is 0 Å². The number of anilines is 2. The third-order valence-electron chi connectivity index (χ3n) is 10.1. The van der Waals surface area contributed by atoms with Crippen molar-refractivity contribution in [2.75, 3.05) is 36.6 Å². The molecule has 3 heterocycles. The standard InChI is InChI=1S/C42H46Cl2N6O5.C2H6/c1-23-18-30(19-24(2)38(23)44)55-17-9-10-31-32-12-13-33(43)37(36-27(5)46-47(7)28(36)6)39(32)50-16-15-49(41(51)40(31)50)35-20-29(54-8)11-14-34(35)48(22-26(4)45)21-25(3)42(52)53;1-2/h11-14,18-21H,4,9-10,15-17,22,45H2,1-3,5-8H3,(H,52,53);1-2H3/b25-21+;. The van der Waals surface area contributed by atoms with Crippen molar-refractivity contribution < 1.29 is 24.2 Å². The van der Waals surface area contributed by atoms with Gasteiger partial charge in [0, 0.05) is 65.3 Å². The minimum Gasteiger partial charge on any atom is -0.497 e. The number of aromatic nitrogens is 3. The van der Waals surface area contributed by atoms with Crippen LogP contribution in [-0.4, -0.2) is 58.1 Å². The monoisotopic (exact) mass is 814 g/mol. The van der Waals surface area contributed by atoms with Crippen molar-refractivity contribution in [2.45, 2.75) is 67.9 Å². The predicted molar refractivity (Wildman–Crippen MR) is 231 cm³/mol.